The molecule has 1 aliphatic rings. The van der Waals surface area contributed by atoms with E-state index in [0.717, 1.165) is 38.5 Å². The Morgan fingerprint density at radius 3 is 2.22 bits per heavy atom. The second-order valence-electron chi connectivity index (χ2n) is 6.53. The summed E-state index contributed by atoms with van der Waals surface area (Å²) in [6.07, 6.45) is 10.1. The maximum absolute atomic E-state index is 12.4. The number of hydrogen-bond acceptors (Lipinski definition) is 4. The molecule has 0 spiro atoms. The van der Waals surface area contributed by atoms with Gasteiger partial charge in [-0.25, -0.2) is 4.79 Å². The summed E-state index contributed by atoms with van der Waals surface area (Å²) in [6, 6.07) is 0. The molecule has 0 saturated carbocycles. The van der Waals surface area contributed by atoms with Gasteiger partial charge in [-0.15, -0.1) is 5.06 Å². The molecule has 2 unspecified atom stereocenters. The predicted molar refractivity (Wildman–Crippen MR) is 88.1 cm³/mol. The number of imide groups is 1. The summed E-state index contributed by atoms with van der Waals surface area (Å²) in [5.74, 6) is -1.44. The van der Waals surface area contributed by atoms with E-state index in [-0.39, 0.29) is 30.1 Å². The molecule has 0 radical (unpaired) electrons. The van der Waals surface area contributed by atoms with Crippen LogP contribution in [0.4, 0.5) is 0 Å². The summed E-state index contributed by atoms with van der Waals surface area (Å²) < 4.78 is 0. The van der Waals surface area contributed by atoms with E-state index in [1.165, 1.54) is 26.2 Å². The van der Waals surface area contributed by atoms with Crippen LogP contribution in [0.2, 0.25) is 0 Å². The van der Waals surface area contributed by atoms with Gasteiger partial charge in [0.1, 0.15) is 0 Å². The molecule has 0 aromatic heterocycles. The van der Waals surface area contributed by atoms with E-state index in [1.807, 2.05) is 0 Å². The van der Waals surface area contributed by atoms with Crippen molar-refractivity contribution in [3.63, 3.8) is 0 Å². The van der Waals surface area contributed by atoms with Crippen LogP contribution in [0.25, 0.3) is 0 Å². The zero-order valence-electron chi connectivity index (χ0n) is 14.8. The number of hydroxylamine groups is 2. The molecule has 5 nitrogen and oxygen atoms in total. The SMILES string of the molecule is CCCCCCC(CCCCC)C1CC(=O)N(OC(C)=O)C1=O. The third kappa shape index (κ3) is 6.32. The van der Waals surface area contributed by atoms with Gasteiger partial charge in [0.15, 0.2) is 0 Å². The lowest BCUT2D eigenvalue weighted by molar-refractivity contribution is -0.196. The highest BCUT2D eigenvalue weighted by molar-refractivity contribution is 6.03. The summed E-state index contributed by atoms with van der Waals surface area (Å²) in [5.41, 5.74) is 0. The second-order valence-corrected chi connectivity index (χ2v) is 6.53. The van der Waals surface area contributed by atoms with Crippen molar-refractivity contribution in [2.24, 2.45) is 11.8 Å². The standard InChI is InChI=1S/C18H31NO4/c1-4-6-8-10-12-15(11-9-7-5-2)16-13-17(21)19(18(16)22)23-14(3)20/h15-16H,4-13H2,1-3H3. The molecule has 2 amide bonds. The zero-order chi connectivity index (χ0) is 17.2. The van der Waals surface area contributed by atoms with Crippen molar-refractivity contribution < 1.29 is 19.2 Å². The minimum Gasteiger partial charge on any atom is -0.331 e. The molecule has 1 rings (SSSR count). The van der Waals surface area contributed by atoms with Crippen LogP contribution in [0.3, 0.4) is 0 Å². The van der Waals surface area contributed by atoms with Crippen LogP contribution >= 0.6 is 0 Å². The lowest BCUT2D eigenvalue weighted by Crippen LogP contribution is -2.34. The monoisotopic (exact) mass is 325 g/mol. The van der Waals surface area contributed by atoms with Gasteiger partial charge in [-0.3, -0.25) is 9.59 Å². The molecule has 1 saturated heterocycles. The van der Waals surface area contributed by atoms with Gasteiger partial charge in [0.2, 0.25) is 0 Å². The van der Waals surface area contributed by atoms with Gasteiger partial charge in [0.25, 0.3) is 11.8 Å². The van der Waals surface area contributed by atoms with Gasteiger partial charge in [-0.1, -0.05) is 58.8 Å². The van der Waals surface area contributed by atoms with Crippen molar-refractivity contribution in [3.8, 4) is 0 Å². The molecule has 0 aromatic carbocycles. The zero-order valence-corrected chi connectivity index (χ0v) is 14.8. The lowest BCUT2D eigenvalue weighted by Gasteiger charge is -2.22. The number of rotatable bonds is 11. The van der Waals surface area contributed by atoms with Crippen LogP contribution in [-0.4, -0.2) is 22.8 Å². The van der Waals surface area contributed by atoms with Crippen molar-refractivity contribution in [1.82, 2.24) is 5.06 Å². The van der Waals surface area contributed by atoms with Crippen LogP contribution in [0.15, 0.2) is 0 Å². The highest BCUT2D eigenvalue weighted by Gasteiger charge is 2.44. The maximum atomic E-state index is 12.4. The van der Waals surface area contributed by atoms with Crippen LogP contribution in [0.1, 0.15) is 85.0 Å². The molecule has 2 atom stereocenters. The normalized spacial score (nSPS) is 19.3. The second kappa shape index (κ2) is 10.4. The molecule has 0 N–H and O–H groups in total. The highest BCUT2D eigenvalue weighted by atomic mass is 16.7. The fraction of sp³-hybridized carbons (Fsp3) is 0.833. The third-order valence-electron chi connectivity index (χ3n) is 4.53. The van der Waals surface area contributed by atoms with Crippen molar-refractivity contribution in [2.45, 2.75) is 85.0 Å². The number of hydrogen-bond donors (Lipinski definition) is 0. The van der Waals surface area contributed by atoms with Crippen molar-refractivity contribution >= 4 is 17.8 Å². The Labute approximate surface area is 139 Å². The molecule has 0 bridgehead atoms. The fourth-order valence-electron chi connectivity index (χ4n) is 3.26. The number of carbonyl (C=O) groups is 3. The smallest absolute Gasteiger partial charge is 0.330 e. The van der Waals surface area contributed by atoms with Gasteiger partial charge in [0.05, 0.1) is 5.92 Å². The Morgan fingerprint density at radius 2 is 1.65 bits per heavy atom. The lowest BCUT2D eigenvalue weighted by atomic mass is 9.82. The Morgan fingerprint density at radius 1 is 1.09 bits per heavy atom. The van der Waals surface area contributed by atoms with E-state index >= 15 is 0 Å². The van der Waals surface area contributed by atoms with Gasteiger partial charge >= 0.3 is 5.97 Å². The average molecular weight is 325 g/mol. The molecule has 5 heteroatoms. The summed E-state index contributed by atoms with van der Waals surface area (Å²) in [4.78, 5) is 40.2. The van der Waals surface area contributed by atoms with Crippen LogP contribution in [0, 0.1) is 11.8 Å². The molecule has 1 heterocycles. The first-order chi connectivity index (χ1) is 11.0. The van der Waals surface area contributed by atoms with Crippen LogP contribution in [-0.2, 0) is 19.2 Å². The van der Waals surface area contributed by atoms with Crippen molar-refractivity contribution in [2.75, 3.05) is 0 Å². The quantitative estimate of drug-likeness (QED) is 0.425. The Balaban J connectivity index is 2.66. The van der Waals surface area contributed by atoms with Gasteiger partial charge in [-0.2, -0.15) is 0 Å². The number of amides is 2. The van der Waals surface area contributed by atoms with E-state index in [1.54, 1.807) is 0 Å². The number of unbranched alkanes of at least 4 members (excludes halogenated alkanes) is 5. The first-order valence-corrected chi connectivity index (χ1v) is 9.06. The summed E-state index contributed by atoms with van der Waals surface area (Å²) in [6.45, 7) is 5.54. The van der Waals surface area contributed by atoms with Crippen molar-refractivity contribution in [1.29, 1.82) is 0 Å². The first-order valence-electron chi connectivity index (χ1n) is 9.06. The summed E-state index contributed by atoms with van der Waals surface area (Å²) in [5, 5.41) is 0.686. The molecule has 0 aliphatic carbocycles. The summed E-state index contributed by atoms with van der Waals surface area (Å²) in [7, 11) is 0. The Hall–Kier alpha value is -1.39. The van der Waals surface area contributed by atoms with Gasteiger partial charge < -0.3 is 4.84 Å². The maximum Gasteiger partial charge on any atom is 0.330 e. The summed E-state index contributed by atoms with van der Waals surface area (Å²) >= 11 is 0. The predicted octanol–water partition coefficient (Wildman–Crippen LogP) is 4.01. The van der Waals surface area contributed by atoms with E-state index in [0.29, 0.717) is 5.06 Å². The van der Waals surface area contributed by atoms with Crippen LogP contribution < -0.4 is 0 Å². The molecule has 132 valence electrons. The first kappa shape index (κ1) is 19.7. The van der Waals surface area contributed by atoms with E-state index < -0.39 is 5.97 Å². The fourth-order valence-corrected chi connectivity index (χ4v) is 3.26. The Bertz CT molecular complexity index is 408. The third-order valence-corrected chi connectivity index (χ3v) is 4.53. The Kier molecular flexibility index (Phi) is 8.89. The topological polar surface area (TPSA) is 63.7 Å². The minimum absolute atomic E-state index is 0.177. The van der Waals surface area contributed by atoms with E-state index in [2.05, 4.69) is 13.8 Å². The average Bonchev–Trinajstić information content (AvgIpc) is 2.77. The van der Waals surface area contributed by atoms with Crippen molar-refractivity contribution in [3.05, 3.63) is 0 Å². The molecular formula is C18H31NO4. The molecule has 1 aliphatic heterocycles. The molecule has 0 aromatic rings. The molecule has 23 heavy (non-hydrogen) atoms. The van der Waals surface area contributed by atoms with Gasteiger partial charge in [-0.05, 0) is 18.8 Å². The highest BCUT2D eigenvalue weighted by Crippen LogP contribution is 2.34. The van der Waals surface area contributed by atoms with E-state index in [4.69, 9.17) is 4.84 Å². The minimum atomic E-state index is -0.627. The molecule has 1 fully saturated rings. The van der Waals surface area contributed by atoms with E-state index in [9.17, 15) is 14.4 Å². The number of nitrogens with zero attached hydrogens (tertiary/aromatic N) is 1. The largest absolute Gasteiger partial charge is 0.331 e. The molecular weight excluding hydrogens is 294 g/mol. The van der Waals surface area contributed by atoms with Gasteiger partial charge in [0, 0.05) is 13.3 Å². The number of carbonyl (C=O) groups excluding carboxylic acids is 3. The van der Waals surface area contributed by atoms with Crippen LogP contribution in [0.5, 0.6) is 0 Å².